The molecular formula is C25H23F2NO4. The van der Waals surface area contributed by atoms with Crippen molar-refractivity contribution < 1.29 is 28.2 Å². The zero-order chi connectivity index (χ0) is 23.1. The number of amides is 1. The molecule has 1 atom stereocenters. The zero-order valence-electron chi connectivity index (χ0n) is 17.5. The van der Waals surface area contributed by atoms with Gasteiger partial charge in [0.25, 0.3) is 5.91 Å². The van der Waals surface area contributed by atoms with Crippen molar-refractivity contribution in [2.24, 2.45) is 0 Å². The molecule has 0 bridgehead atoms. The van der Waals surface area contributed by atoms with Crippen molar-refractivity contribution in [1.29, 1.82) is 0 Å². The Balaban J connectivity index is 1.73. The SMILES string of the molecule is CCC(Oc1ccc(C(=O)NCCC(=O)O)cc1)c1ccc(-c2ccccc2)c(F)c1F. The molecule has 3 aromatic carbocycles. The summed E-state index contributed by atoms with van der Waals surface area (Å²) in [6.07, 6.45) is -0.487. The van der Waals surface area contributed by atoms with E-state index in [0.717, 1.165) is 0 Å². The van der Waals surface area contributed by atoms with Gasteiger partial charge >= 0.3 is 5.97 Å². The van der Waals surface area contributed by atoms with Gasteiger partial charge in [0.15, 0.2) is 11.6 Å². The van der Waals surface area contributed by atoms with Crippen LogP contribution in [-0.2, 0) is 4.79 Å². The summed E-state index contributed by atoms with van der Waals surface area (Å²) in [6, 6.07) is 18.0. The van der Waals surface area contributed by atoms with Crippen molar-refractivity contribution >= 4 is 11.9 Å². The number of hydrogen-bond donors (Lipinski definition) is 2. The van der Waals surface area contributed by atoms with Crippen LogP contribution in [-0.4, -0.2) is 23.5 Å². The van der Waals surface area contributed by atoms with Gasteiger partial charge in [-0.05, 0) is 36.2 Å². The van der Waals surface area contributed by atoms with Gasteiger partial charge < -0.3 is 15.2 Å². The fourth-order valence-electron chi connectivity index (χ4n) is 3.25. The minimum absolute atomic E-state index is 0.0220. The molecule has 0 aliphatic carbocycles. The summed E-state index contributed by atoms with van der Waals surface area (Å²) >= 11 is 0. The van der Waals surface area contributed by atoms with Crippen LogP contribution in [0, 0.1) is 11.6 Å². The van der Waals surface area contributed by atoms with Crippen molar-refractivity contribution in [2.75, 3.05) is 6.54 Å². The molecule has 166 valence electrons. The third kappa shape index (κ3) is 5.49. The Hall–Kier alpha value is -3.74. The van der Waals surface area contributed by atoms with Crippen molar-refractivity contribution in [1.82, 2.24) is 5.32 Å². The van der Waals surface area contributed by atoms with Crippen LogP contribution in [0.5, 0.6) is 5.75 Å². The predicted molar refractivity (Wildman–Crippen MR) is 116 cm³/mol. The van der Waals surface area contributed by atoms with E-state index < -0.39 is 29.6 Å². The van der Waals surface area contributed by atoms with Crippen molar-refractivity contribution in [3.05, 3.63) is 89.5 Å². The smallest absolute Gasteiger partial charge is 0.305 e. The third-order valence-electron chi connectivity index (χ3n) is 4.93. The van der Waals surface area contributed by atoms with Gasteiger partial charge in [0.05, 0.1) is 6.42 Å². The molecule has 5 nitrogen and oxygen atoms in total. The van der Waals surface area contributed by atoms with Crippen molar-refractivity contribution in [2.45, 2.75) is 25.9 Å². The van der Waals surface area contributed by atoms with Crippen LogP contribution in [0.4, 0.5) is 8.78 Å². The first-order valence-electron chi connectivity index (χ1n) is 10.2. The fourth-order valence-corrected chi connectivity index (χ4v) is 3.25. The van der Waals surface area contributed by atoms with Crippen LogP contribution < -0.4 is 10.1 Å². The van der Waals surface area contributed by atoms with Gasteiger partial charge in [-0.15, -0.1) is 0 Å². The Morgan fingerprint density at radius 3 is 2.28 bits per heavy atom. The molecule has 1 amide bonds. The number of benzene rings is 3. The molecule has 2 N–H and O–H groups in total. The van der Waals surface area contributed by atoms with Gasteiger partial charge in [-0.1, -0.05) is 49.4 Å². The maximum Gasteiger partial charge on any atom is 0.305 e. The van der Waals surface area contributed by atoms with Crippen LogP contribution in [0.3, 0.4) is 0 Å². The fraction of sp³-hybridized carbons (Fsp3) is 0.200. The second kappa shape index (κ2) is 10.5. The molecule has 32 heavy (non-hydrogen) atoms. The molecule has 0 saturated heterocycles. The molecule has 1 unspecified atom stereocenters. The molecule has 0 aliphatic heterocycles. The number of hydrogen-bond acceptors (Lipinski definition) is 3. The van der Waals surface area contributed by atoms with E-state index in [-0.39, 0.29) is 24.1 Å². The van der Waals surface area contributed by atoms with Crippen LogP contribution in [0.2, 0.25) is 0 Å². The first-order chi connectivity index (χ1) is 15.4. The lowest BCUT2D eigenvalue weighted by atomic mass is 9.99. The number of halogens is 2. The van der Waals surface area contributed by atoms with E-state index in [4.69, 9.17) is 9.84 Å². The first kappa shape index (κ1) is 22.9. The minimum Gasteiger partial charge on any atom is -0.486 e. The highest BCUT2D eigenvalue weighted by Gasteiger charge is 2.22. The lowest BCUT2D eigenvalue weighted by Gasteiger charge is -2.20. The van der Waals surface area contributed by atoms with Crippen LogP contribution in [0.1, 0.15) is 41.8 Å². The summed E-state index contributed by atoms with van der Waals surface area (Å²) in [5.74, 6) is -2.89. The van der Waals surface area contributed by atoms with Gasteiger partial charge in [-0.2, -0.15) is 0 Å². The average Bonchev–Trinajstić information content (AvgIpc) is 2.80. The summed E-state index contributed by atoms with van der Waals surface area (Å²) in [6.45, 7) is 1.82. The van der Waals surface area contributed by atoms with Gasteiger partial charge in [0, 0.05) is 23.2 Å². The summed E-state index contributed by atoms with van der Waals surface area (Å²) in [5, 5.41) is 11.1. The van der Waals surface area contributed by atoms with Crippen LogP contribution in [0.25, 0.3) is 11.1 Å². The predicted octanol–water partition coefficient (Wildman–Crippen LogP) is 5.37. The molecule has 7 heteroatoms. The van der Waals surface area contributed by atoms with Gasteiger partial charge in [-0.25, -0.2) is 8.78 Å². The number of nitrogens with one attached hydrogen (secondary N) is 1. The lowest BCUT2D eigenvalue weighted by Crippen LogP contribution is -2.25. The van der Waals surface area contributed by atoms with Gasteiger partial charge in [0.2, 0.25) is 0 Å². The number of carbonyl (C=O) groups excluding carboxylic acids is 1. The largest absolute Gasteiger partial charge is 0.486 e. The maximum absolute atomic E-state index is 14.9. The summed E-state index contributed by atoms with van der Waals surface area (Å²) < 4.78 is 35.5. The zero-order valence-corrected chi connectivity index (χ0v) is 17.5. The topological polar surface area (TPSA) is 75.6 Å². The van der Waals surface area contributed by atoms with E-state index >= 15 is 0 Å². The quantitative estimate of drug-likeness (QED) is 0.470. The van der Waals surface area contributed by atoms with E-state index in [9.17, 15) is 18.4 Å². The first-order valence-corrected chi connectivity index (χ1v) is 10.2. The van der Waals surface area contributed by atoms with E-state index in [0.29, 0.717) is 23.3 Å². The number of carboxylic acid groups (broad SMARTS) is 1. The molecule has 3 rings (SSSR count). The Bertz CT molecular complexity index is 1090. The van der Waals surface area contributed by atoms with E-state index in [1.54, 1.807) is 55.5 Å². The molecule has 0 aliphatic rings. The molecule has 0 saturated carbocycles. The second-order valence-electron chi connectivity index (χ2n) is 7.14. The standard InChI is InChI=1S/C25H23F2NO4/c1-2-21(20-13-12-19(23(26)24(20)27)16-6-4-3-5-7-16)32-18-10-8-17(9-11-18)25(31)28-15-14-22(29)30/h3-13,21H,2,14-15H2,1H3,(H,28,31)(H,29,30). The molecule has 0 fully saturated rings. The van der Waals surface area contributed by atoms with Gasteiger partial charge in [0.1, 0.15) is 11.9 Å². The highest BCUT2D eigenvalue weighted by atomic mass is 19.2. The average molecular weight is 439 g/mol. The highest BCUT2D eigenvalue weighted by Crippen LogP contribution is 2.32. The van der Waals surface area contributed by atoms with E-state index in [1.807, 2.05) is 0 Å². The van der Waals surface area contributed by atoms with E-state index in [2.05, 4.69) is 5.32 Å². The third-order valence-corrected chi connectivity index (χ3v) is 4.93. The van der Waals surface area contributed by atoms with Gasteiger partial charge in [-0.3, -0.25) is 9.59 Å². The number of rotatable bonds is 9. The Labute approximate surface area is 184 Å². The molecule has 0 aromatic heterocycles. The number of carbonyl (C=O) groups is 2. The Morgan fingerprint density at radius 2 is 1.66 bits per heavy atom. The van der Waals surface area contributed by atoms with E-state index in [1.165, 1.54) is 18.2 Å². The summed E-state index contributed by atoms with van der Waals surface area (Å²) in [5.41, 5.74) is 1.21. The lowest BCUT2D eigenvalue weighted by molar-refractivity contribution is -0.136. The molecule has 0 heterocycles. The number of aliphatic carboxylic acids is 1. The Morgan fingerprint density at radius 1 is 0.969 bits per heavy atom. The summed E-state index contributed by atoms with van der Waals surface area (Å²) in [4.78, 5) is 22.6. The highest BCUT2D eigenvalue weighted by molar-refractivity contribution is 5.94. The monoisotopic (exact) mass is 439 g/mol. The van der Waals surface area contributed by atoms with Crippen LogP contribution in [0.15, 0.2) is 66.7 Å². The molecule has 0 radical (unpaired) electrons. The minimum atomic E-state index is -1.000. The van der Waals surface area contributed by atoms with Crippen LogP contribution >= 0.6 is 0 Å². The van der Waals surface area contributed by atoms with Crippen molar-refractivity contribution in [3.8, 4) is 16.9 Å². The normalized spacial score (nSPS) is 11.6. The summed E-state index contributed by atoms with van der Waals surface area (Å²) in [7, 11) is 0. The number of carboxylic acids is 1. The maximum atomic E-state index is 14.9. The molecule has 0 spiro atoms. The molecule has 3 aromatic rings. The molecular weight excluding hydrogens is 416 g/mol. The van der Waals surface area contributed by atoms with Crippen molar-refractivity contribution in [3.63, 3.8) is 0 Å². The Kier molecular flexibility index (Phi) is 7.54. The number of ether oxygens (including phenoxy) is 1. The second-order valence-corrected chi connectivity index (χ2v) is 7.14.